The molecular weight excluding hydrogens is 252 g/mol. The number of amidine groups is 1. The number of nitrogen functional groups attached to an aromatic ring is 1. The number of nitrogens with one attached hydrogen (secondary N) is 1. The van der Waals surface area contributed by atoms with E-state index in [1.54, 1.807) is 6.07 Å². The van der Waals surface area contributed by atoms with Gasteiger partial charge < -0.3 is 5.73 Å². The zero-order valence-electron chi connectivity index (χ0n) is 10.3. The van der Waals surface area contributed by atoms with E-state index in [9.17, 15) is 0 Å². The van der Waals surface area contributed by atoms with Crippen LogP contribution < -0.4 is 5.73 Å². The number of halogens is 1. The summed E-state index contributed by atoms with van der Waals surface area (Å²) in [6.07, 6.45) is 1.21. The van der Waals surface area contributed by atoms with Gasteiger partial charge in [-0.3, -0.25) is 5.41 Å². The Hall–Kier alpha value is -0.670. The van der Waals surface area contributed by atoms with E-state index in [0.717, 1.165) is 23.0 Å². The summed E-state index contributed by atoms with van der Waals surface area (Å²) in [5.41, 5.74) is 7.21. The molecule has 0 fully saturated rings. The van der Waals surface area contributed by atoms with Crippen LogP contribution in [-0.4, -0.2) is 11.6 Å². The van der Waals surface area contributed by atoms with Gasteiger partial charge in [0.15, 0.2) is 0 Å². The third-order valence-electron chi connectivity index (χ3n) is 2.72. The number of hydrogen-bond donors (Lipinski definition) is 2. The monoisotopic (exact) mass is 270 g/mol. The molecule has 0 heterocycles. The summed E-state index contributed by atoms with van der Waals surface area (Å²) < 4.78 is 0. The fraction of sp³-hybridized carbons (Fsp3) is 0.462. The quantitative estimate of drug-likeness (QED) is 0.608. The minimum Gasteiger partial charge on any atom is -0.384 e. The summed E-state index contributed by atoms with van der Waals surface area (Å²) in [4.78, 5) is 0. The van der Waals surface area contributed by atoms with Crippen molar-refractivity contribution < 1.29 is 0 Å². The van der Waals surface area contributed by atoms with Crippen molar-refractivity contribution >= 4 is 29.2 Å². The number of nitrogens with two attached hydrogens (primary N) is 1. The molecule has 0 radical (unpaired) electrons. The molecule has 1 rings (SSSR count). The van der Waals surface area contributed by atoms with Crippen molar-refractivity contribution in [1.82, 2.24) is 0 Å². The molecule has 0 aromatic heterocycles. The van der Waals surface area contributed by atoms with Crippen molar-refractivity contribution in [2.24, 2.45) is 11.7 Å². The highest BCUT2D eigenvalue weighted by Crippen LogP contribution is 2.24. The molecule has 3 N–H and O–H groups in total. The van der Waals surface area contributed by atoms with E-state index in [1.165, 1.54) is 6.42 Å². The van der Waals surface area contributed by atoms with Crippen LogP contribution in [-0.2, 0) is 5.75 Å². The van der Waals surface area contributed by atoms with Crippen LogP contribution in [0.2, 0.25) is 5.02 Å². The lowest BCUT2D eigenvalue weighted by atomic mass is 10.1. The first-order chi connectivity index (χ1) is 8.04. The van der Waals surface area contributed by atoms with Crippen molar-refractivity contribution in [3.63, 3.8) is 0 Å². The van der Waals surface area contributed by atoms with E-state index >= 15 is 0 Å². The molecule has 0 amide bonds. The van der Waals surface area contributed by atoms with E-state index in [4.69, 9.17) is 22.7 Å². The Bertz CT molecular complexity index is 393. The zero-order valence-corrected chi connectivity index (χ0v) is 11.9. The summed E-state index contributed by atoms with van der Waals surface area (Å²) in [5, 5.41) is 8.04. The predicted molar refractivity (Wildman–Crippen MR) is 78.1 cm³/mol. The van der Waals surface area contributed by atoms with Crippen LogP contribution in [0.25, 0.3) is 0 Å². The Balaban J connectivity index is 2.57. The second-order valence-corrected chi connectivity index (χ2v) is 5.69. The maximum Gasteiger partial charge on any atom is 0.122 e. The van der Waals surface area contributed by atoms with Crippen LogP contribution in [0.3, 0.4) is 0 Å². The third-order valence-corrected chi connectivity index (χ3v) is 4.39. The molecule has 0 spiro atoms. The second-order valence-electron chi connectivity index (χ2n) is 4.25. The Morgan fingerprint density at radius 2 is 2.24 bits per heavy atom. The summed E-state index contributed by atoms with van der Waals surface area (Å²) >= 11 is 8.06. The fourth-order valence-electron chi connectivity index (χ4n) is 1.32. The van der Waals surface area contributed by atoms with Gasteiger partial charge in [0, 0.05) is 16.3 Å². The van der Waals surface area contributed by atoms with E-state index in [0.29, 0.717) is 10.6 Å². The first-order valence-corrected chi connectivity index (χ1v) is 7.28. The number of rotatable bonds is 6. The normalized spacial score (nSPS) is 12.4. The van der Waals surface area contributed by atoms with Crippen molar-refractivity contribution in [3.05, 3.63) is 34.3 Å². The smallest absolute Gasteiger partial charge is 0.122 e. The van der Waals surface area contributed by atoms with Gasteiger partial charge in [0.25, 0.3) is 0 Å². The molecule has 0 aliphatic rings. The first kappa shape index (κ1) is 14.4. The minimum absolute atomic E-state index is 0.0608. The Labute approximate surface area is 112 Å². The van der Waals surface area contributed by atoms with Gasteiger partial charge in [-0.2, -0.15) is 11.8 Å². The lowest BCUT2D eigenvalue weighted by Gasteiger charge is -2.09. The van der Waals surface area contributed by atoms with Gasteiger partial charge in [0.05, 0.1) is 0 Å². The van der Waals surface area contributed by atoms with Crippen LogP contribution in [0.5, 0.6) is 0 Å². The van der Waals surface area contributed by atoms with Gasteiger partial charge in [-0.25, -0.2) is 0 Å². The van der Waals surface area contributed by atoms with Crippen LogP contribution >= 0.6 is 23.4 Å². The molecule has 0 saturated carbocycles. The van der Waals surface area contributed by atoms with E-state index in [2.05, 4.69) is 13.8 Å². The molecule has 0 aliphatic heterocycles. The molecule has 0 saturated heterocycles. The Kier molecular flexibility index (Phi) is 5.86. The SMILES string of the molecule is CCC(C)CSCc1ccc(C(=N)N)cc1Cl. The van der Waals surface area contributed by atoms with Crippen LogP contribution in [0, 0.1) is 11.3 Å². The maximum absolute atomic E-state index is 7.34. The molecule has 17 heavy (non-hydrogen) atoms. The fourth-order valence-corrected chi connectivity index (χ4v) is 2.87. The van der Waals surface area contributed by atoms with Gasteiger partial charge in [0.2, 0.25) is 0 Å². The van der Waals surface area contributed by atoms with Crippen molar-refractivity contribution in [2.75, 3.05) is 5.75 Å². The van der Waals surface area contributed by atoms with E-state index < -0.39 is 0 Å². The highest BCUT2D eigenvalue weighted by Gasteiger charge is 2.05. The molecule has 1 aromatic carbocycles. The van der Waals surface area contributed by atoms with Crippen molar-refractivity contribution in [2.45, 2.75) is 26.0 Å². The van der Waals surface area contributed by atoms with Gasteiger partial charge in [0.1, 0.15) is 5.84 Å². The Morgan fingerprint density at radius 1 is 1.53 bits per heavy atom. The molecule has 1 aromatic rings. The van der Waals surface area contributed by atoms with Crippen molar-refractivity contribution in [3.8, 4) is 0 Å². The highest BCUT2D eigenvalue weighted by molar-refractivity contribution is 7.98. The van der Waals surface area contributed by atoms with Gasteiger partial charge in [-0.05, 0) is 23.3 Å². The van der Waals surface area contributed by atoms with Gasteiger partial charge in [-0.1, -0.05) is 44.0 Å². The second kappa shape index (κ2) is 6.92. The number of hydrogen-bond acceptors (Lipinski definition) is 2. The van der Waals surface area contributed by atoms with Crippen LogP contribution in [0.1, 0.15) is 31.4 Å². The standard InChI is InChI=1S/C13H19ClN2S/c1-3-9(2)7-17-8-11-5-4-10(13(15)16)6-12(11)14/h4-6,9H,3,7-8H2,1-2H3,(H3,15,16). The number of thioether (sulfide) groups is 1. The molecule has 1 unspecified atom stereocenters. The van der Waals surface area contributed by atoms with Gasteiger partial charge in [-0.15, -0.1) is 0 Å². The molecule has 0 bridgehead atoms. The summed E-state index contributed by atoms with van der Waals surface area (Å²) in [6, 6.07) is 5.58. The highest BCUT2D eigenvalue weighted by atomic mass is 35.5. The van der Waals surface area contributed by atoms with E-state index in [1.807, 2.05) is 23.9 Å². The molecular formula is C13H19ClN2S. The van der Waals surface area contributed by atoms with Crippen LogP contribution in [0.15, 0.2) is 18.2 Å². The molecule has 4 heteroatoms. The lowest BCUT2D eigenvalue weighted by molar-refractivity contribution is 0.637. The minimum atomic E-state index is 0.0608. The largest absolute Gasteiger partial charge is 0.384 e. The average Bonchev–Trinajstić information content (AvgIpc) is 2.30. The summed E-state index contributed by atoms with van der Waals surface area (Å²) in [7, 11) is 0. The molecule has 1 atom stereocenters. The topological polar surface area (TPSA) is 49.9 Å². The Morgan fingerprint density at radius 3 is 2.76 bits per heavy atom. The number of benzene rings is 1. The van der Waals surface area contributed by atoms with Crippen molar-refractivity contribution in [1.29, 1.82) is 5.41 Å². The first-order valence-electron chi connectivity index (χ1n) is 5.75. The summed E-state index contributed by atoms with van der Waals surface area (Å²) in [6.45, 7) is 4.47. The zero-order chi connectivity index (χ0) is 12.8. The third kappa shape index (κ3) is 4.60. The molecule has 0 aliphatic carbocycles. The molecule has 2 nitrogen and oxygen atoms in total. The molecule has 94 valence electrons. The predicted octanol–water partition coefficient (Wildman–Crippen LogP) is 3.90. The average molecular weight is 271 g/mol. The van der Waals surface area contributed by atoms with Gasteiger partial charge >= 0.3 is 0 Å². The van der Waals surface area contributed by atoms with Crippen LogP contribution in [0.4, 0.5) is 0 Å². The summed E-state index contributed by atoms with van der Waals surface area (Å²) in [5.74, 6) is 2.88. The van der Waals surface area contributed by atoms with E-state index in [-0.39, 0.29) is 5.84 Å². The lowest BCUT2D eigenvalue weighted by Crippen LogP contribution is -2.10. The maximum atomic E-state index is 7.34.